The Kier molecular flexibility index (Phi) is 5.45. The highest BCUT2D eigenvalue weighted by molar-refractivity contribution is 5.97. The monoisotopic (exact) mass is 397 g/mol. The molecule has 4 aliphatic rings. The fraction of sp³-hybridized carbons (Fsp3) is 0.667. The molecule has 5 unspecified atom stereocenters. The first-order chi connectivity index (χ1) is 13.8. The van der Waals surface area contributed by atoms with Gasteiger partial charge in [-0.15, -0.1) is 0 Å². The van der Waals surface area contributed by atoms with E-state index in [0.717, 1.165) is 25.9 Å². The number of amides is 2. The lowest BCUT2D eigenvalue weighted by molar-refractivity contribution is -0.154. The Labute approximate surface area is 174 Å². The molecule has 5 rings (SSSR count). The van der Waals surface area contributed by atoms with Crippen molar-refractivity contribution < 1.29 is 9.59 Å². The third-order valence-electron chi connectivity index (χ3n) is 7.05. The van der Waals surface area contributed by atoms with Gasteiger partial charge in [-0.1, -0.05) is 58.0 Å². The predicted molar refractivity (Wildman–Crippen MR) is 114 cm³/mol. The minimum atomic E-state index is -0.783. The smallest absolute Gasteiger partial charge is 0.247 e. The summed E-state index contributed by atoms with van der Waals surface area (Å²) in [5.41, 5.74) is 0.471. The van der Waals surface area contributed by atoms with Gasteiger partial charge in [0, 0.05) is 37.5 Å². The molecular formula is C24H35N3O2. The van der Waals surface area contributed by atoms with Gasteiger partial charge in [0.1, 0.15) is 5.54 Å². The summed E-state index contributed by atoms with van der Waals surface area (Å²) in [6.07, 6.45) is 1.67. The average molecular weight is 398 g/mol. The molecule has 5 atom stereocenters. The van der Waals surface area contributed by atoms with Crippen LogP contribution in [0.15, 0.2) is 30.3 Å². The molecule has 4 fully saturated rings. The van der Waals surface area contributed by atoms with Crippen LogP contribution in [0, 0.1) is 29.6 Å². The van der Waals surface area contributed by atoms with Gasteiger partial charge in [0.05, 0.1) is 0 Å². The Morgan fingerprint density at radius 2 is 1.93 bits per heavy atom. The highest BCUT2D eigenvalue weighted by Gasteiger charge is 2.70. The highest BCUT2D eigenvalue weighted by atomic mass is 16.2. The number of carbonyl (C=O) groups is 2. The lowest BCUT2D eigenvalue weighted by atomic mass is 9.58. The second kappa shape index (κ2) is 7.75. The first-order valence-electron chi connectivity index (χ1n) is 11.2. The molecule has 29 heavy (non-hydrogen) atoms. The van der Waals surface area contributed by atoms with Crippen molar-refractivity contribution in [1.29, 1.82) is 0 Å². The summed E-state index contributed by atoms with van der Waals surface area (Å²) in [5.74, 6) is 1.39. The number of hydrogen-bond donors (Lipinski definition) is 2. The van der Waals surface area contributed by atoms with Crippen molar-refractivity contribution in [3.8, 4) is 0 Å². The number of nitrogens with one attached hydrogen (secondary N) is 2. The molecule has 3 aliphatic heterocycles. The number of likely N-dealkylation sites (tertiary alicyclic amines) is 1. The van der Waals surface area contributed by atoms with Crippen LogP contribution in [0.2, 0.25) is 0 Å². The second-order valence-corrected chi connectivity index (χ2v) is 10.1. The minimum absolute atomic E-state index is 0.00198. The van der Waals surface area contributed by atoms with E-state index in [0.29, 0.717) is 18.4 Å². The molecule has 2 amide bonds. The summed E-state index contributed by atoms with van der Waals surface area (Å²) in [4.78, 5) is 29.1. The van der Waals surface area contributed by atoms with Crippen LogP contribution in [0.4, 0.5) is 0 Å². The normalized spacial score (nSPS) is 33.4. The van der Waals surface area contributed by atoms with E-state index in [9.17, 15) is 9.59 Å². The highest BCUT2D eigenvalue weighted by Crippen LogP contribution is 2.53. The molecule has 5 heteroatoms. The van der Waals surface area contributed by atoms with Gasteiger partial charge in [-0.3, -0.25) is 14.5 Å². The van der Waals surface area contributed by atoms with Gasteiger partial charge in [-0.25, -0.2) is 0 Å². The van der Waals surface area contributed by atoms with Crippen LogP contribution in [0.1, 0.15) is 39.7 Å². The van der Waals surface area contributed by atoms with Crippen LogP contribution in [0.5, 0.6) is 0 Å². The zero-order valence-corrected chi connectivity index (χ0v) is 18.2. The van der Waals surface area contributed by atoms with E-state index in [-0.39, 0.29) is 35.6 Å². The lowest BCUT2D eigenvalue weighted by Crippen LogP contribution is -2.78. The van der Waals surface area contributed by atoms with E-state index < -0.39 is 5.54 Å². The van der Waals surface area contributed by atoms with E-state index in [1.54, 1.807) is 0 Å². The maximum absolute atomic E-state index is 13.6. The number of rotatable bonds is 7. The van der Waals surface area contributed by atoms with Crippen molar-refractivity contribution in [2.45, 2.75) is 52.1 Å². The third-order valence-corrected chi connectivity index (χ3v) is 7.05. The van der Waals surface area contributed by atoms with Gasteiger partial charge in [0.15, 0.2) is 0 Å². The number of nitrogens with zero attached hydrogens (tertiary/aromatic N) is 1. The molecule has 2 N–H and O–H groups in total. The summed E-state index contributed by atoms with van der Waals surface area (Å²) in [6.45, 7) is 11.2. The Morgan fingerprint density at radius 3 is 2.59 bits per heavy atom. The number of hydrogen-bond acceptors (Lipinski definition) is 3. The third kappa shape index (κ3) is 3.48. The van der Waals surface area contributed by atoms with Crippen molar-refractivity contribution >= 4 is 11.8 Å². The molecule has 5 nitrogen and oxygen atoms in total. The summed E-state index contributed by atoms with van der Waals surface area (Å²) in [5, 5.41) is 6.41. The molecule has 158 valence electrons. The van der Waals surface area contributed by atoms with Gasteiger partial charge in [0.2, 0.25) is 11.8 Å². The molecular weight excluding hydrogens is 362 g/mol. The van der Waals surface area contributed by atoms with Crippen molar-refractivity contribution in [3.05, 3.63) is 35.9 Å². The Morgan fingerprint density at radius 1 is 1.21 bits per heavy atom. The molecule has 3 heterocycles. The van der Waals surface area contributed by atoms with Gasteiger partial charge in [-0.05, 0) is 36.2 Å². The summed E-state index contributed by atoms with van der Waals surface area (Å²) >= 11 is 0. The van der Waals surface area contributed by atoms with Crippen molar-refractivity contribution in [1.82, 2.24) is 15.5 Å². The molecule has 3 saturated heterocycles. The van der Waals surface area contributed by atoms with Gasteiger partial charge < -0.3 is 10.6 Å². The maximum Gasteiger partial charge on any atom is 0.247 e. The molecule has 4 bridgehead atoms. The maximum atomic E-state index is 13.6. The second-order valence-electron chi connectivity index (χ2n) is 10.1. The molecule has 0 aromatic heterocycles. The zero-order valence-electron chi connectivity index (χ0n) is 18.2. The van der Waals surface area contributed by atoms with E-state index in [2.05, 4.69) is 67.5 Å². The fourth-order valence-electron chi connectivity index (χ4n) is 6.03. The first kappa shape index (κ1) is 20.4. The van der Waals surface area contributed by atoms with Crippen LogP contribution in [0.25, 0.3) is 0 Å². The van der Waals surface area contributed by atoms with E-state index in [1.165, 1.54) is 5.56 Å². The van der Waals surface area contributed by atoms with Crippen molar-refractivity contribution in [2.75, 3.05) is 19.6 Å². The first-order valence-corrected chi connectivity index (χ1v) is 11.2. The van der Waals surface area contributed by atoms with Crippen molar-refractivity contribution in [3.63, 3.8) is 0 Å². The standard InChI is InChI=1S/C24H35N3O2/c1-15(2)12-25-23(29)24-18-11-20(22(28)26-24)19(10-17-8-6-5-7-9-17)21(24)27(14-18)13-16(3)4/h5-9,15-16,18-21H,10-14H2,1-4H3,(H,25,29)(H,26,28). The van der Waals surface area contributed by atoms with Gasteiger partial charge in [-0.2, -0.15) is 0 Å². The Balaban J connectivity index is 1.71. The molecule has 1 saturated carbocycles. The number of carbonyl (C=O) groups excluding carboxylic acids is 2. The Bertz CT molecular complexity index is 763. The summed E-state index contributed by atoms with van der Waals surface area (Å²) < 4.78 is 0. The van der Waals surface area contributed by atoms with E-state index in [4.69, 9.17) is 0 Å². The molecule has 0 spiro atoms. The van der Waals surface area contributed by atoms with Crippen LogP contribution in [-0.2, 0) is 16.0 Å². The van der Waals surface area contributed by atoms with E-state index in [1.807, 2.05) is 6.07 Å². The summed E-state index contributed by atoms with van der Waals surface area (Å²) in [6, 6.07) is 10.5. The molecule has 1 aromatic rings. The lowest BCUT2D eigenvalue weighted by Gasteiger charge is -2.55. The number of benzene rings is 1. The number of fused-ring (bicyclic) bond motifs is 1. The zero-order chi connectivity index (χ0) is 20.8. The molecule has 0 radical (unpaired) electrons. The SMILES string of the molecule is CC(C)CNC(=O)C12NC(=O)C3CC1CN(CC(C)C)C2C3Cc1ccccc1. The van der Waals surface area contributed by atoms with Gasteiger partial charge >= 0.3 is 0 Å². The van der Waals surface area contributed by atoms with Crippen molar-refractivity contribution in [2.24, 2.45) is 29.6 Å². The fourth-order valence-corrected chi connectivity index (χ4v) is 6.03. The molecule has 1 aromatic carbocycles. The quantitative estimate of drug-likeness (QED) is 0.743. The van der Waals surface area contributed by atoms with Crippen LogP contribution in [-0.4, -0.2) is 47.9 Å². The average Bonchev–Trinajstić information content (AvgIpc) is 2.89. The van der Waals surface area contributed by atoms with Gasteiger partial charge in [0.25, 0.3) is 0 Å². The van der Waals surface area contributed by atoms with E-state index >= 15 is 0 Å². The predicted octanol–water partition coefficient (Wildman–Crippen LogP) is 2.46. The summed E-state index contributed by atoms with van der Waals surface area (Å²) in [7, 11) is 0. The van der Waals surface area contributed by atoms with Crippen LogP contribution in [0.3, 0.4) is 0 Å². The largest absolute Gasteiger partial charge is 0.354 e. The minimum Gasteiger partial charge on any atom is -0.354 e. The number of piperidine rings is 2. The Hall–Kier alpha value is -1.88. The topological polar surface area (TPSA) is 61.4 Å². The molecule has 1 aliphatic carbocycles. The van der Waals surface area contributed by atoms with Crippen LogP contribution < -0.4 is 10.6 Å². The van der Waals surface area contributed by atoms with Crippen LogP contribution >= 0.6 is 0 Å².